The second-order valence-electron chi connectivity index (χ2n) is 7.37. The largest absolute Gasteiger partial charge is 0.354 e. The smallest absolute Gasteiger partial charge is 0.185 e. The lowest BCUT2D eigenvalue weighted by Crippen LogP contribution is -2.32. The predicted molar refractivity (Wildman–Crippen MR) is 113 cm³/mol. The first-order valence-electron chi connectivity index (χ1n) is 9.14. The van der Waals surface area contributed by atoms with Crippen LogP contribution in [0.4, 0.5) is 10.3 Å². The Morgan fingerprint density at radius 1 is 0.923 bits per heavy atom. The Balaban J connectivity index is 0.000000151. The number of anilines is 2. The zero-order chi connectivity index (χ0) is 18.8. The molecule has 2 aromatic heterocycles. The first-order valence-corrected chi connectivity index (χ1v) is 10.8. The van der Waals surface area contributed by atoms with Gasteiger partial charge in [0.05, 0.1) is 11.4 Å². The molecule has 0 bridgehead atoms. The molecule has 2 N–H and O–H groups in total. The van der Waals surface area contributed by atoms with Crippen molar-refractivity contribution in [1.29, 1.82) is 0 Å². The van der Waals surface area contributed by atoms with Gasteiger partial charge in [-0.1, -0.05) is 0 Å². The van der Waals surface area contributed by atoms with Crippen molar-refractivity contribution >= 4 is 32.9 Å². The highest BCUT2D eigenvalue weighted by molar-refractivity contribution is 7.16. The van der Waals surface area contributed by atoms with Crippen molar-refractivity contribution < 1.29 is 0 Å². The summed E-state index contributed by atoms with van der Waals surface area (Å²) in [4.78, 5) is 16.2. The second-order valence-corrected chi connectivity index (χ2v) is 9.45. The summed E-state index contributed by atoms with van der Waals surface area (Å²) in [5.74, 6) is 0. The summed E-state index contributed by atoms with van der Waals surface area (Å²) in [6.07, 6.45) is 2.14. The van der Waals surface area contributed by atoms with E-state index in [-0.39, 0.29) is 0 Å². The predicted octanol–water partition coefficient (Wildman–Crippen LogP) is 2.66. The Morgan fingerprint density at radius 2 is 1.58 bits per heavy atom. The van der Waals surface area contributed by atoms with E-state index in [0.717, 1.165) is 36.2 Å². The Hall–Kier alpha value is -1.22. The van der Waals surface area contributed by atoms with Crippen LogP contribution < -0.4 is 20.4 Å². The van der Waals surface area contributed by atoms with E-state index in [1.807, 2.05) is 28.2 Å². The molecule has 2 aromatic rings. The normalized spacial score (nSPS) is 21.3. The second kappa shape index (κ2) is 8.21. The molecule has 2 aliphatic heterocycles. The van der Waals surface area contributed by atoms with Crippen molar-refractivity contribution in [2.45, 2.75) is 45.3 Å². The highest BCUT2D eigenvalue weighted by Gasteiger charge is 2.21. The van der Waals surface area contributed by atoms with Crippen LogP contribution in [0.3, 0.4) is 0 Å². The third-order valence-electron chi connectivity index (χ3n) is 4.56. The third kappa shape index (κ3) is 4.36. The van der Waals surface area contributed by atoms with Crippen molar-refractivity contribution in [3.8, 4) is 0 Å². The number of thiazole rings is 2. The minimum absolute atomic E-state index is 0.481. The zero-order valence-corrected chi connectivity index (χ0v) is 18.2. The number of hydrogen-bond donors (Lipinski definition) is 2. The number of hydrogen-bond acceptors (Lipinski definition) is 8. The molecule has 0 amide bonds. The number of nitrogens with one attached hydrogen (secondary N) is 2. The minimum atomic E-state index is 0.481. The molecule has 144 valence electrons. The van der Waals surface area contributed by atoms with E-state index in [0.29, 0.717) is 12.1 Å². The lowest BCUT2D eigenvalue weighted by molar-refractivity contribution is 0.513. The molecule has 2 aliphatic rings. The Kier molecular flexibility index (Phi) is 6.17. The maximum absolute atomic E-state index is 4.61. The number of nitrogens with zero attached hydrogens (tertiary/aromatic N) is 4. The van der Waals surface area contributed by atoms with Crippen molar-refractivity contribution in [2.75, 3.05) is 44.5 Å². The summed E-state index contributed by atoms with van der Waals surface area (Å²) >= 11 is 3.60. The van der Waals surface area contributed by atoms with Crippen LogP contribution in [0, 0.1) is 0 Å². The fourth-order valence-electron chi connectivity index (χ4n) is 3.05. The van der Waals surface area contributed by atoms with E-state index >= 15 is 0 Å². The van der Waals surface area contributed by atoms with E-state index in [4.69, 9.17) is 0 Å². The monoisotopic (exact) mass is 394 g/mol. The van der Waals surface area contributed by atoms with E-state index < -0.39 is 0 Å². The molecule has 0 saturated carbocycles. The standard InChI is InChI=1S/2C9H15N3S/c1-6-4-7-8(5-10-6)13-9(11-7)12(2)3;1-6-8-7(4-5-10-6)11-9(13-8)12(2)3/h2*6,10H,4-5H2,1-3H3/t2*6-/m11/s1. The average Bonchev–Trinajstić information content (AvgIpc) is 3.19. The number of fused-ring (bicyclic) bond motifs is 2. The molecule has 4 heterocycles. The van der Waals surface area contributed by atoms with E-state index in [9.17, 15) is 0 Å². The molecule has 8 heteroatoms. The number of aromatic nitrogens is 2. The summed E-state index contributed by atoms with van der Waals surface area (Å²) in [6, 6.07) is 1.06. The molecular formula is C18H30N6S2. The quantitative estimate of drug-likeness (QED) is 0.817. The lowest BCUT2D eigenvalue weighted by Gasteiger charge is -2.18. The van der Waals surface area contributed by atoms with Crippen molar-refractivity contribution in [3.63, 3.8) is 0 Å². The van der Waals surface area contributed by atoms with Crippen molar-refractivity contribution in [3.05, 3.63) is 21.1 Å². The van der Waals surface area contributed by atoms with Crippen LogP contribution in [0.5, 0.6) is 0 Å². The van der Waals surface area contributed by atoms with E-state index in [2.05, 4.69) is 44.2 Å². The van der Waals surface area contributed by atoms with Crippen LogP contribution in [-0.2, 0) is 19.4 Å². The molecule has 0 aliphatic carbocycles. The maximum Gasteiger partial charge on any atom is 0.185 e. The van der Waals surface area contributed by atoms with Gasteiger partial charge in [-0.15, -0.1) is 22.7 Å². The van der Waals surface area contributed by atoms with Crippen LogP contribution in [0.25, 0.3) is 0 Å². The van der Waals surface area contributed by atoms with Crippen LogP contribution in [0.15, 0.2) is 0 Å². The minimum Gasteiger partial charge on any atom is -0.354 e. The molecule has 0 aromatic carbocycles. The van der Waals surface area contributed by atoms with Gasteiger partial charge < -0.3 is 20.4 Å². The van der Waals surface area contributed by atoms with Gasteiger partial charge in [0.2, 0.25) is 0 Å². The van der Waals surface area contributed by atoms with Crippen molar-refractivity contribution in [2.24, 2.45) is 0 Å². The molecule has 6 nitrogen and oxygen atoms in total. The van der Waals surface area contributed by atoms with Crippen LogP contribution >= 0.6 is 22.7 Å². The van der Waals surface area contributed by atoms with Gasteiger partial charge >= 0.3 is 0 Å². The van der Waals surface area contributed by atoms with Crippen LogP contribution in [0.1, 0.15) is 41.0 Å². The third-order valence-corrected chi connectivity index (χ3v) is 7.28. The Labute approximate surface area is 164 Å². The Morgan fingerprint density at radius 3 is 2.23 bits per heavy atom. The molecular weight excluding hydrogens is 364 g/mol. The zero-order valence-electron chi connectivity index (χ0n) is 16.6. The number of rotatable bonds is 2. The van der Waals surface area contributed by atoms with Crippen LogP contribution in [0.2, 0.25) is 0 Å². The maximum atomic E-state index is 4.61. The van der Waals surface area contributed by atoms with E-state index in [1.165, 1.54) is 21.1 Å². The molecule has 26 heavy (non-hydrogen) atoms. The summed E-state index contributed by atoms with van der Waals surface area (Å²) in [5.41, 5.74) is 2.58. The van der Waals surface area contributed by atoms with E-state index in [1.54, 1.807) is 22.7 Å². The topological polar surface area (TPSA) is 56.3 Å². The molecule has 0 unspecified atom stereocenters. The average molecular weight is 395 g/mol. The fraction of sp³-hybridized carbons (Fsp3) is 0.667. The summed E-state index contributed by atoms with van der Waals surface area (Å²) in [7, 11) is 8.17. The van der Waals surface area contributed by atoms with Gasteiger partial charge in [0, 0.05) is 76.0 Å². The van der Waals surface area contributed by atoms with Gasteiger partial charge in [-0.05, 0) is 13.8 Å². The van der Waals surface area contributed by atoms with Gasteiger partial charge in [-0.2, -0.15) is 0 Å². The molecule has 2 atom stereocenters. The first-order chi connectivity index (χ1) is 12.3. The summed E-state index contributed by atoms with van der Waals surface area (Å²) < 4.78 is 0. The highest BCUT2D eigenvalue weighted by Crippen LogP contribution is 2.32. The Bertz CT molecular complexity index is 736. The molecule has 0 fully saturated rings. The highest BCUT2D eigenvalue weighted by atomic mass is 32.1. The molecule has 4 rings (SSSR count). The molecule has 0 radical (unpaired) electrons. The van der Waals surface area contributed by atoms with Crippen LogP contribution in [-0.4, -0.2) is 50.7 Å². The SMILES string of the molecule is C[C@@H]1Cc2nc(N(C)C)sc2CN1.C[C@H]1NCCc2nc(N(C)C)sc21. The fourth-order valence-corrected chi connectivity index (χ4v) is 5.07. The van der Waals surface area contributed by atoms with Crippen molar-refractivity contribution in [1.82, 2.24) is 20.6 Å². The van der Waals surface area contributed by atoms with Gasteiger partial charge in [-0.3, -0.25) is 0 Å². The van der Waals surface area contributed by atoms with Gasteiger partial charge in [-0.25, -0.2) is 9.97 Å². The van der Waals surface area contributed by atoms with Gasteiger partial charge in [0.15, 0.2) is 10.3 Å². The van der Waals surface area contributed by atoms with Gasteiger partial charge in [0.1, 0.15) is 0 Å². The lowest BCUT2D eigenvalue weighted by atomic mass is 10.1. The first kappa shape index (κ1) is 19.5. The molecule has 0 saturated heterocycles. The molecule has 0 spiro atoms. The summed E-state index contributed by atoms with van der Waals surface area (Å²) in [5, 5.41) is 9.14. The van der Waals surface area contributed by atoms with Gasteiger partial charge in [0.25, 0.3) is 0 Å². The summed E-state index contributed by atoms with van der Waals surface area (Å²) in [6.45, 7) is 6.46.